The van der Waals surface area contributed by atoms with Crippen molar-refractivity contribution in [2.24, 2.45) is 0 Å². The smallest absolute Gasteiger partial charge is 0.338 e. The van der Waals surface area contributed by atoms with Crippen LogP contribution < -0.4 is 0 Å². The minimum absolute atomic E-state index is 0.297. The van der Waals surface area contributed by atoms with Crippen molar-refractivity contribution in [1.29, 1.82) is 0 Å². The lowest BCUT2D eigenvalue weighted by Gasteiger charge is -2.07. The summed E-state index contributed by atoms with van der Waals surface area (Å²) in [5.74, 6) is -0.297. The van der Waals surface area contributed by atoms with Crippen LogP contribution in [0, 0.1) is 0 Å². The molecule has 0 N–H and O–H groups in total. The number of aromatic nitrogens is 2. The summed E-state index contributed by atoms with van der Waals surface area (Å²) in [5.41, 5.74) is 5.65. The molecule has 0 saturated heterocycles. The Labute approximate surface area is 151 Å². The number of carbonyl (C=O) groups is 1. The van der Waals surface area contributed by atoms with Crippen LogP contribution in [-0.4, -0.2) is 22.0 Å². The molecule has 0 atom stereocenters. The molecule has 2 aromatic carbocycles. The van der Waals surface area contributed by atoms with Gasteiger partial charge >= 0.3 is 5.97 Å². The third-order valence-electron chi connectivity index (χ3n) is 4.30. The normalized spacial score (nSPS) is 10.8. The predicted molar refractivity (Wildman–Crippen MR) is 102 cm³/mol. The van der Waals surface area contributed by atoms with Gasteiger partial charge in [-0.3, -0.25) is 4.98 Å². The van der Waals surface area contributed by atoms with Crippen LogP contribution in [0.1, 0.15) is 17.3 Å². The molecule has 0 radical (unpaired) electrons. The monoisotopic (exact) mass is 342 g/mol. The molecular weight excluding hydrogens is 324 g/mol. The Balaban J connectivity index is 1.74. The lowest BCUT2D eigenvalue weighted by atomic mass is 10.1. The second-order valence-electron chi connectivity index (χ2n) is 5.95. The quantitative estimate of drug-likeness (QED) is 0.498. The van der Waals surface area contributed by atoms with Crippen molar-refractivity contribution < 1.29 is 9.53 Å². The third kappa shape index (κ3) is 2.97. The van der Waals surface area contributed by atoms with Gasteiger partial charge in [-0.1, -0.05) is 42.5 Å². The maximum atomic E-state index is 11.8. The van der Waals surface area contributed by atoms with Crippen molar-refractivity contribution in [2.45, 2.75) is 6.92 Å². The average molecular weight is 342 g/mol. The molecule has 0 fully saturated rings. The first-order valence-corrected chi connectivity index (χ1v) is 8.56. The minimum atomic E-state index is -0.297. The third-order valence-corrected chi connectivity index (χ3v) is 4.30. The van der Waals surface area contributed by atoms with Crippen LogP contribution >= 0.6 is 0 Å². The van der Waals surface area contributed by atoms with Crippen LogP contribution in [0.2, 0.25) is 0 Å². The molecule has 2 heterocycles. The zero-order valence-corrected chi connectivity index (χ0v) is 14.4. The van der Waals surface area contributed by atoms with Gasteiger partial charge < -0.3 is 9.14 Å². The zero-order chi connectivity index (χ0) is 17.9. The Morgan fingerprint density at radius 2 is 1.73 bits per heavy atom. The Kier molecular flexibility index (Phi) is 4.23. The lowest BCUT2D eigenvalue weighted by molar-refractivity contribution is 0.0526. The zero-order valence-electron chi connectivity index (χ0n) is 14.4. The van der Waals surface area contributed by atoms with Crippen molar-refractivity contribution in [3.05, 3.63) is 84.7 Å². The van der Waals surface area contributed by atoms with Crippen LogP contribution in [0.25, 0.3) is 28.0 Å². The summed E-state index contributed by atoms with van der Waals surface area (Å²) in [6.45, 7) is 2.18. The predicted octanol–water partition coefficient (Wildman–Crippen LogP) is 4.85. The number of ether oxygens (including phenoxy) is 1. The molecule has 0 amide bonds. The van der Waals surface area contributed by atoms with Crippen molar-refractivity contribution in [1.82, 2.24) is 9.38 Å². The van der Waals surface area contributed by atoms with E-state index in [0.29, 0.717) is 12.2 Å². The molecule has 26 heavy (non-hydrogen) atoms. The SMILES string of the molecule is CCOC(=O)c1ccc(-c2ccc3cnc(-c4ccccc4)cn23)cc1. The van der Waals surface area contributed by atoms with Crippen molar-refractivity contribution in [3.8, 4) is 22.5 Å². The number of nitrogens with zero attached hydrogens (tertiary/aromatic N) is 2. The molecule has 4 heteroatoms. The van der Waals surface area contributed by atoms with Gasteiger partial charge in [0.15, 0.2) is 0 Å². The highest BCUT2D eigenvalue weighted by Crippen LogP contribution is 2.25. The van der Waals surface area contributed by atoms with E-state index in [1.807, 2.05) is 60.9 Å². The minimum Gasteiger partial charge on any atom is -0.462 e. The molecule has 4 aromatic rings. The number of carbonyl (C=O) groups excluding carboxylic acids is 1. The number of esters is 1. The summed E-state index contributed by atoms with van der Waals surface area (Å²) in [6.07, 6.45) is 3.91. The van der Waals surface area contributed by atoms with Crippen molar-refractivity contribution in [3.63, 3.8) is 0 Å². The molecule has 0 aliphatic rings. The summed E-state index contributed by atoms with van der Waals surface area (Å²) in [5, 5.41) is 0. The van der Waals surface area contributed by atoms with Crippen LogP contribution in [0.3, 0.4) is 0 Å². The van der Waals surface area contributed by atoms with E-state index in [9.17, 15) is 4.79 Å². The molecular formula is C22H18N2O2. The first kappa shape index (κ1) is 16.1. The number of hydrogen-bond donors (Lipinski definition) is 0. The number of fused-ring (bicyclic) bond motifs is 1. The molecule has 4 nitrogen and oxygen atoms in total. The summed E-state index contributed by atoms with van der Waals surface area (Å²) in [7, 11) is 0. The highest BCUT2D eigenvalue weighted by Gasteiger charge is 2.10. The van der Waals surface area contributed by atoms with E-state index in [2.05, 4.69) is 15.5 Å². The molecule has 0 aliphatic heterocycles. The molecule has 0 bridgehead atoms. The van der Waals surface area contributed by atoms with Crippen LogP contribution in [0.4, 0.5) is 0 Å². The van der Waals surface area contributed by atoms with Gasteiger partial charge in [0.25, 0.3) is 0 Å². The second kappa shape index (κ2) is 6.84. The summed E-state index contributed by atoms with van der Waals surface area (Å²) in [6, 6.07) is 21.7. The Morgan fingerprint density at radius 3 is 2.46 bits per heavy atom. The molecule has 4 rings (SSSR count). The fourth-order valence-electron chi connectivity index (χ4n) is 2.99. The topological polar surface area (TPSA) is 43.6 Å². The first-order valence-electron chi connectivity index (χ1n) is 8.56. The van der Waals surface area contributed by atoms with Crippen LogP contribution in [-0.2, 0) is 4.74 Å². The number of benzene rings is 2. The number of rotatable bonds is 4. The van der Waals surface area contributed by atoms with E-state index in [1.165, 1.54) is 0 Å². The Hall–Kier alpha value is -3.40. The molecule has 0 spiro atoms. The van der Waals surface area contributed by atoms with Gasteiger partial charge in [0, 0.05) is 11.8 Å². The summed E-state index contributed by atoms with van der Waals surface area (Å²) < 4.78 is 7.16. The molecule has 0 saturated carbocycles. The first-order chi connectivity index (χ1) is 12.8. The van der Waals surface area contributed by atoms with E-state index in [-0.39, 0.29) is 5.97 Å². The van der Waals surface area contributed by atoms with Crippen molar-refractivity contribution >= 4 is 11.5 Å². The van der Waals surface area contributed by atoms with Gasteiger partial charge in [0.2, 0.25) is 0 Å². The Morgan fingerprint density at radius 1 is 0.962 bits per heavy atom. The standard InChI is InChI=1S/C22H18N2O2/c1-2-26-22(25)18-10-8-17(9-11-18)21-13-12-19-14-23-20(15-24(19)21)16-6-4-3-5-7-16/h3-15H,2H2,1H3. The van der Waals surface area contributed by atoms with Gasteiger partial charge in [-0.15, -0.1) is 0 Å². The van der Waals surface area contributed by atoms with E-state index in [4.69, 9.17) is 4.74 Å². The van der Waals surface area contributed by atoms with Gasteiger partial charge in [-0.25, -0.2) is 4.79 Å². The van der Waals surface area contributed by atoms with Gasteiger partial charge in [-0.05, 0) is 36.8 Å². The summed E-state index contributed by atoms with van der Waals surface area (Å²) in [4.78, 5) is 16.4. The van der Waals surface area contributed by atoms with Crippen LogP contribution in [0.5, 0.6) is 0 Å². The second-order valence-corrected chi connectivity index (χ2v) is 5.95. The maximum Gasteiger partial charge on any atom is 0.338 e. The van der Waals surface area contributed by atoms with Crippen molar-refractivity contribution in [2.75, 3.05) is 6.61 Å². The highest BCUT2D eigenvalue weighted by molar-refractivity contribution is 5.90. The number of hydrogen-bond acceptors (Lipinski definition) is 3. The van der Waals surface area contributed by atoms with Gasteiger partial charge in [0.05, 0.1) is 35.3 Å². The van der Waals surface area contributed by atoms with E-state index >= 15 is 0 Å². The lowest BCUT2D eigenvalue weighted by Crippen LogP contribution is -2.04. The van der Waals surface area contributed by atoms with Crippen LogP contribution in [0.15, 0.2) is 79.1 Å². The molecule has 2 aromatic heterocycles. The van der Waals surface area contributed by atoms with E-state index in [0.717, 1.165) is 28.0 Å². The molecule has 128 valence electrons. The van der Waals surface area contributed by atoms with E-state index < -0.39 is 0 Å². The molecule has 0 aliphatic carbocycles. The average Bonchev–Trinajstić information content (AvgIpc) is 3.12. The van der Waals surface area contributed by atoms with E-state index in [1.54, 1.807) is 19.1 Å². The fourth-order valence-corrected chi connectivity index (χ4v) is 2.99. The van der Waals surface area contributed by atoms with Gasteiger partial charge in [-0.2, -0.15) is 0 Å². The fraction of sp³-hybridized carbons (Fsp3) is 0.0909. The Bertz CT molecular complexity index is 1050. The van der Waals surface area contributed by atoms with Gasteiger partial charge in [0.1, 0.15) is 0 Å². The largest absolute Gasteiger partial charge is 0.462 e. The highest BCUT2D eigenvalue weighted by atomic mass is 16.5. The molecule has 0 unspecified atom stereocenters. The summed E-state index contributed by atoms with van der Waals surface area (Å²) >= 11 is 0. The maximum absolute atomic E-state index is 11.8.